The first-order valence-corrected chi connectivity index (χ1v) is 8.78. The van der Waals surface area contributed by atoms with Crippen LogP contribution in [-0.2, 0) is 8.85 Å². The Bertz CT molecular complexity index is 145. The lowest BCUT2D eigenvalue weighted by molar-refractivity contribution is 0.187. The summed E-state index contributed by atoms with van der Waals surface area (Å²) in [7, 11) is -1.03. The Morgan fingerprint density at radius 2 is 1.41 bits per heavy atom. The van der Waals surface area contributed by atoms with Gasteiger partial charge in [0.2, 0.25) is 0 Å². The molecule has 0 aromatic rings. The third-order valence-corrected chi connectivity index (χ3v) is 4.86. The maximum absolute atomic E-state index is 5.89. The Morgan fingerprint density at radius 1 is 0.824 bits per heavy atom. The molecule has 17 heavy (non-hydrogen) atoms. The molecule has 0 spiro atoms. The molecule has 1 radical (unpaired) electrons. The smallest absolute Gasteiger partial charge is 0.387 e. The summed E-state index contributed by atoms with van der Waals surface area (Å²) >= 11 is 0. The summed E-state index contributed by atoms with van der Waals surface area (Å²) in [6.45, 7) is 10.6. The van der Waals surface area contributed by atoms with E-state index >= 15 is 0 Å². The van der Waals surface area contributed by atoms with E-state index in [9.17, 15) is 0 Å². The highest BCUT2D eigenvalue weighted by Gasteiger charge is 2.23. The first-order chi connectivity index (χ1) is 8.26. The minimum Gasteiger partial charge on any atom is -0.393 e. The average molecular weight is 259 g/mol. The van der Waals surface area contributed by atoms with Crippen molar-refractivity contribution in [3.8, 4) is 0 Å². The maximum atomic E-state index is 5.89. The Kier molecular flexibility index (Phi) is 12.7. The van der Waals surface area contributed by atoms with Crippen molar-refractivity contribution in [3.05, 3.63) is 0 Å². The Labute approximate surface area is 110 Å². The van der Waals surface area contributed by atoms with E-state index in [1.807, 2.05) is 0 Å². The predicted octanol–water partition coefficient (Wildman–Crippen LogP) is 4.69. The lowest BCUT2D eigenvalue weighted by Gasteiger charge is -2.20. The first kappa shape index (κ1) is 17.1. The molecule has 1 unspecified atom stereocenters. The minimum absolute atomic E-state index is 0.620. The third kappa shape index (κ3) is 9.80. The van der Waals surface area contributed by atoms with Crippen LogP contribution in [0.15, 0.2) is 0 Å². The summed E-state index contributed by atoms with van der Waals surface area (Å²) in [4.78, 5) is 0. The summed E-state index contributed by atoms with van der Waals surface area (Å²) in [5.74, 6) is 0. The lowest BCUT2D eigenvalue weighted by Crippen LogP contribution is -2.28. The van der Waals surface area contributed by atoms with Crippen molar-refractivity contribution in [1.29, 1.82) is 0 Å². The third-order valence-electron chi connectivity index (χ3n) is 2.79. The van der Waals surface area contributed by atoms with Gasteiger partial charge in [-0.25, -0.2) is 0 Å². The normalized spacial score (nSPS) is 13.2. The van der Waals surface area contributed by atoms with Gasteiger partial charge in [0.1, 0.15) is 0 Å². The molecule has 2 nitrogen and oxygen atoms in total. The fourth-order valence-corrected chi connectivity index (χ4v) is 3.63. The van der Waals surface area contributed by atoms with Crippen LogP contribution in [0.2, 0.25) is 5.54 Å². The molecule has 0 amide bonds. The van der Waals surface area contributed by atoms with E-state index in [0.717, 1.165) is 26.1 Å². The highest BCUT2D eigenvalue weighted by atomic mass is 28.3. The number of hydrogen-bond acceptors (Lipinski definition) is 2. The molecule has 0 aliphatic carbocycles. The number of unbranched alkanes of at least 4 members (excludes halogenated alkanes) is 3. The molecule has 0 aromatic heterocycles. The molecular weight excluding hydrogens is 228 g/mol. The van der Waals surface area contributed by atoms with E-state index in [1.165, 1.54) is 32.1 Å². The molecule has 0 saturated heterocycles. The fourth-order valence-electron chi connectivity index (χ4n) is 1.73. The summed E-state index contributed by atoms with van der Waals surface area (Å²) in [6, 6.07) is 0. The van der Waals surface area contributed by atoms with Crippen molar-refractivity contribution in [2.75, 3.05) is 13.2 Å². The van der Waals surface area contributed by atoms with Gasteiger partial charge in [-0.15, -0.1) is 0 Å². The topological polar surface area (TPSA) is 18.5 Å². The lowest BCUT2D eigenvalue weighted by atomic mass is 10.1. The van der Waals surface area contributed by atoms with Gasteiger partial charge >= 0.3 is 9.28 Å². The second-order valence-electron chi connectivity index (χ2n) is 4.77. The second-order valence-corrected chi connectivity index (χ2v) is 6.97. The summed E-state index contributed by atoms with van der Waals surface area (Å²) in [5.41, 5.74) is 0.620. The quantitative estimate of drug-likeness (QED) is 0.374. The molecule has 0 aromatic carbocycles. The van der Waals surface area contributed by atoms with Gasteiger partial charge in [0.05, 0.1) is 0 Å². The van der Waals surface area contributed by atoms with Crippen LogP contribution in [0.4, 0.5) is 0 Å². The van der Waals surface area contributed by atoms with Gasteiger partial charge in [-0.3, -0.25) is 0 Å². The van der Waals surface area contributed by atoms with Crippen LogP contribution in [0.3, 0.4) is 0 Å². The van der Waals surface area contributed by atoms with Crippen LogP contribution in [0.25, 0.3) is 0 Å². The fraction of sp³-hybridized carbons (Fsp3) is 1.00. The van der Waals surface area contributed by atoms with E-state index in [0.29, 0.717) is 5.54 Å². The molecule has 3 heteroatoms. The van der Waals surface area contributed by atoms with E-state index in [4.69, 9.17) is 8.85 Å². The Balaban J connectivity index is 3.80. The van der Waals surface area contributed by atoms with Gasteiger partial charge in [0, 0.05) is 18.8 Å². The van der Waals surface area contributed by atoms with Gasteiger partial charge in [-0.2, -0.15) is 0 Å². The van der Waals surface area contributed by atoms with Crippen molar-refractivity contribution < 1.29 is 8.85 Å². The minimum atomic E-state index is -1.03. The molecule has 0 saturated carbocycles. The molecule has 0 bridgehead atoms. The molecule has 0 aliphatic rings. The van der Waals surface area contributed by atoms with Gasteiger partial charge in [0.25, 0.3) is 0 Å². The summed E-state index contributed by atoms with van der Waals surface area (Å²) in [6.07, 6.45) is 8.80. The van der Waals surface area contributed by atoms with Crippen molar-refractivity contribution in [2.45, 2.75) is 78.2 Å². The molecule has 0 heterocycles. The molecule has 0 fully saturated rings. The first-order valence-electron chi connectivity index (χ1n) is 7.38. The molecule has 103 valence electrons. The van der Waals surface area contributed by atoms with Crippen molar-refractivity contribution in [3.63, 3.8) is 0 Å². The van der Waals surface area contributed by atoms with Crippen LogP contribution >= 0.6 is 0 Å². The zero-order valence-electron chi connectivity index (χ0n) is 12.3. The van der Waals surface area contributed by atoms with Crippen molar-refractivity contribution in [2.24, 2.45) is 0 Å². The number of rotatable bonds is 12. The molecular formula is C14H31O2Si. The van der Waals surface area contributed by atoms with Gasteiger partial charge in [-0.1, -0.05) is 53.4 Å². The van der Waals surface area contributed by atoms with E-state index < -0.39 is 9.28 Å². The maximum Gasteiger partial charge on any atom is 0.387 e. The zero-order chi connectivity index (χ0) is 12.9. The van der Waals surface area contributed by atoms with Crippen LogP contribution in [0.5, 0.6) is 0 Å². The van der Waals surface area contributed by atoms with Crippen LogP contribution in [0.1, 0.15) is 72.6 Å². The predicted molar refractivity (Wildman–Crippen MR) is 76.4 cm³/mol. The van der Waals surface area contributed by atoms with Gasteiger partial charge < -0.3 is 8.85 Å². The van der Waals surface area contributed by atoms with E-state index in [1.54, 1.807) is 0 Å². The average Bonchev–Trinajstić information content (AvgIpc) is 2.34. The molecule has 0 N–H and O–H groups in total. The van der Waals surface area contributed by atoms with Crippen LogP contribution in [-0.4, -0.2) is 22.5 Å². The van der Waals surface area contributed by atoms with Gasteiger partial charge in [0.15, 0.2) is 0 Å². The highest BCUT2D eigenvalue weighted by Crippen LogP contribution is 2.20. The van der Waals surface area contributed by atoms with Crippen LogP contribution in [0, 0.1) is 0 Å². The van der Waals surface area contributed by atoms with Crippen molar-refractivity contribution >= 4 is 9.28 Å². The van der Waals surface area contributed by atoms with E-state index in [-0.39, 0.29) is 0 Å². The standard InChI is InChI=1S/C14H31O2Si/c1-5-8-9-10-11-14(4)17(15-12-6-2)16-13-7-3/h14H,5-13H2,1-4H3. The molecule has 0 aliphatic heterocycles. The zero-order valence-corrected chi connectivity index (χ0v) is 13.3. The summed E-state index contributed by atoms with van der Waals surface area (Å²) < 4.78 is 11.8. The Hall–Kier alpha value is 0.137. The SMILES string of the molecule is CCCCCCC(C)[Si](OCCC)OCCC. The molecule has 0 rings (SSSR count). The van der Waals surface area contributed by atoms with Crippen molar-refractivity contribution in [1.82, 2.24) is 0 Å². The Morgan fingerprint density at radius 3 is 1.88 bits per heavy atom. The highest BCUT2D eigenvalue weighted by molar-refractivity contribution is 6.46. The summed E-state index contributed by atoms with van der Waals surface area (Å²) in [5, 5.41) is 0. The molecule has 1 atom stereocenters. The second kappa shape index (κ2) is 12.6. The number of hydrogen-bond donors (Lipinski definition) is 0. The van der Waals surface area contributed by atoms with Gasteiger partial charge in [-0.05, 0) is 19.3 Å². The monoisotopic (exact) mass is 259 g/mol. The largest absolute Gasteiger partial charge is 0.393 e. The van der Waals surface area contributed by atoms with E-state index in [2.05, 4.69) is 27.7 Å². The van der Waals surface area contributed by atoms with Crippen LogP contribution < -0.4 is 0 Å².